The summed E-state index contributed by atoms with van der Waals surface area (Å²) in [7, 11) is -3.25. The fourth-order valence-electron chi connectivity index (χ4n) is 4.78. The zero-order valence-corrected chi connectivity index (χ0v) is 19.0. The SMILES string of the molecule is CC(C)CS(=O)(=O)N1CCN(c2ccc3c(=O)c(C(=O)O)cn4c3c2CCC4C)CC1. The number of piperazine rings is 1. The number of rotatable bonds is 5. The summed E-state index contributed by atoms with van der Waals surface area (Å²) >= 11 is 0. The van der Waals surface area contributed by atoms with Crippen LogP contribution in [-0.2, 0) is 16.4 Å². The van der Waals surface area contributed by atoms with Crippen LogP contribution in [-0.4, -0.2) is 60.3 Å². The summed E-state index contributed by atoms with van der Waals surface area (Å²) in [6.07, 6.45) is 3.12. The zero-order valence-electron chi connectivity index (χ0n) is 18.2. The summed E-state index contributed by atoms with van der Waals surface area (Å²) in [5.74, 6) is -0.968. The van der Waals surface area contributed by atoms with Gasteiger partial charge in [-0.15, -0.1) is 0 Å². The molecule has 9 heteroatoms. The third-order valence-electron chi connectivity index (χ3n) is 6.31. The quantitative estimate of drug-likeness (QED) is 0.755. The largest absolute Gasteiger partial charge is 0.477 e. The molecule has 1 aromatic heterocycles. The number of aromatic nitrogens is 1. The second-order valence-electron chi connectivity index (χ2n) is 8.99. The Kier molecular flexibility index (Phi) is 5.59. The van der Waals surface area contributed by atoms with Crippen LogP contribution >= 0.6 is 0 Å². The summed E-state index contributed by atoms with van der Waals surface area (Å²) < 4.78 is 28.6. The normalized spacial score (nSPS) is 19.9. The summed E-state index contributed by atoms with van der Waals surface area (Å²) in [6.45, 7) is 7.89. The molecule has 3 heterocycles. The summed E-state index contributed by atoms with van der Waals surface area (Å²) in [5.41, 5.74) is 2.20. The van der Waals surface area contributed by atoms with Crippen molar-refractivity contribution >= 4 is 32.6 Å². The molecule has 1 atom stereocenters. The van der Waals surface area contributed by atoms with Gasteiger partial charge in [0.05, 0.1) is 11.3 Å². The lowest BCUT2D eigenvalue weighted by Crippen LogP contribution is -2.50. The molecule has 0 amide bonds. The Morgan fingerprint density at radius 3 is 2.48 bits per heavy atom. The minimum atomic E-state index is -3.25. The van der Waals surface area contributed by atoms with Crippen LogP contribution in [0.15, 0.2) is 23.1 Å². The topological polar surface area (TPSA) is 99.9 Å². The first-order chi connectivity index (χ1) is 14.6. The first-order valence-electron chi connectivity index (χ1n) is 10.8. The van der Waals surface area contributed by atoms with E-state index in [4.69, 9.17) is 0 Å². The van der Waals surface area contributed by atoms with Crippen LogP contribution in [0.4, 0.5) is 5.69 Å². The number of carboxylic acid groups (broad SMARTS) is 1. The van der Waals surface area contributed by atoms with Gasteiger partial charge >= 0.3 is 5.97 Å². The molecule has 31 heavy (non-hydrogen) atoms. The van der Waals surface area contributed by atoms with Gasteiger partial charge in [-0.3, -0.25) is 4.79 Å². The number of carbonyl (C=O) groups is 1. The van der Waals surface area contributed by atoms with Crippen molar-refractivity contribution < 1.29 is 18.3 Å². The number of pyridine rings is 1. The maximum Gasteiger partial charge on any atom is 0.341 e. The Morgan fingerprint density at radius 1 is 1.19 bits per heavy atom. The molecule has 0 aliphatic carbocycles. The average molecular weight is 448 g/mol. The highest BCUT2D eigenvalue weighted by Gasteiger charge is 2.30. The zero-order chi connectivity index (χ0) is 22.5. The van der Waals surface area contributed by atoms with Crippen molar-refractivity contribution in [3.05, 3.63) is 39.7 Å². The smallest absolute Gasteiger partial charge is 0.341 e. The number of benzene rings is 1. The van der Waals surface area contributed by atoms with Crippen LogP contribution in [0, 0.1) is 5.92 Å². The number of sulfonamides is 1. The van der Waals surface area contributed by atoms with E-state index in [1.54, 1.807) is 10.4 Å². The van der Waals surface area contributed by atoms with E-state index in [1.165, 1.54) is 6.20 Å². The van der Waals surface area contributed by atoms with Gasteiger partial charge in [0.2, 0.25) is 15.5 Å². The van der Waals surface area contributed by atoms with Gasteiger partial charge < -0.3 is 14.6 Å². The van der Waals surface area contributed by atoms with E-state index < -0.39 is 21.4 Å². The standard InChI is InChI=1S/C22H29N3O5S/c1-14(2)13-31(29,30)24-10-8-23(9-11-24)19-7-6-17-20-16(19)5-4-15(3)25(20)12-18(21(17)26)22(27)28/h6-7,12,14-15H,4-5,8-11,13H2,1-3H3,(H,27,28). The molecular formula is C22H29N3O5S. The van der Waals surface area contributed by atoms with Crippen molar-refractivity contribution in [3.63, 3.8) is 0 Å². The molecule has 2 aromatic rings. The lowest BCUT2D eigenvalue weighted by Gasteiger charge is -2.38. The van der Waals surface area contributed by atoms with Gasteiger partial charge in [-0.05, 0) is 43.4 Å². The van der Waals surface area contributed by atoms with E-state index in [0.29, 0.717) is 31.6 Å². The van der Waals surface area contributed by atoms with E-state index in [-0.39, 0.29) is 23.3 Å². The van der Waals surface area contributed by atoms with Crippen LogP contribution in [0.5, 0.6) is 0 Å². The van der Waals surface area contributed by atoms with E-state index >= 15 is 0 Å². The van der Waals surface area contributed by atoms with Crippen LogP contribution in [0.2, 0.25) is 0 Å². The van der Waals surface area contributed by atoms with Crippen molar-refractivity contribution in [1.29, 1.82) is 0 Å². The minimum absolute atomic E-state index is 0.0856. The number of aryl methyl sites for hydroxylation is 1. The fourth-order valence-corrected chi connectivity index (χ4v) is 6.55. The highest BCUT2D eigenvalue weighted by atomic mass is 32.2. The van der Waals surface area contributed by atoms with E-state index in [0.717, 1.165) is 29.6 Å². The molecule has 0 bridgehead atoms. The first kappa shape index (κ1) is 21.8. The summed E-state index contributed by atoms with van der Waals surface area (Å²) in [5, 5.41) is 9.88. The van der Waals surface area contributed by atoms with Gasteiger partial charge in [-0.1, -0.05) is 13.8 Å². The number of anilines is 1. The van der Waals surface area contributed by atoms with Crippen LogP contribution in [0.1, 0.15) is 49.2 Å². The molecule has 0 radical (unpaired) electrons. The third kappa shape index (κ3) is 3.85. The van der Waals surface area contributed by atoms with Crippen molar-refractivity contribution in [2.24, 2.45) is 5.92 Å². The second kappa shape index (κ2) is 7.94. The molecule has 1 unspecified atom stereocenters. The Hall–Kier alpha value is -2.39. The molecular weight excluding hydrogens is 418 g/mol. The number of hydrogen-bond acceptors (Lipinski definition) is 5. The molecule has 0 spiro atoms. The van der Waals surface area contributed by atoms with Crippen LogP contribution in [0.25, 0.3) is 10.9 Å². The average Bonchev–Trinajstić information content (AvgIpc) is 2.70. The lowest BCUT2D eigenvalue weighted by molar-refractivity contribution is 0.0694. The second-order valence-corrected chi connectivity index (χ2v) is 11.0. The van der Waals surface area contributed by atoms with E-state index in [2.05, 4.69) is 4.90 Å². The molecule has 2 aliphatic rings. The summed E-state index contributed by atoms with van der Waals surface area (Å²) in [6, 6.07) is 3.71. The summed E-state index contributed by atoms with van der Waals surface area (Å²) in [4.78, 5) is 26.5. The predicted molar refractivity (Wildman–Crippen MR) is 121 cm³/mol. The van der Waals surface area contributed by atoms with Gasteiger partial charge in [0.15, 0.2) is 0 Å². The molecule has 0 saturated carbocycles. The highest BCUT2D eigenvalue weighted by Crippen LogP contribution is 2.36. The van der Waals surface area contributed by atoms with Crippen molar-refractivity contribution in [3.8, 4) is 0 Å². The third-order valence-corrected chi connectivity index (χ3v) is 8.55. The fraction of sp³-hybridized carbons (Fsp3) is 0.545. The van der Waals surface area contributed by atoms with Crippen molar-refractivity contribution in [2.75, 3.05) is 36.8 Å². The van der Waals surface area contributed by atoms with Crippen LogP contribution in [0.3, 0.4) is 0 Å². The van der Waals surface area contributed by atoms with Gasteiger partial charge in [-0.25, -0.2) is 13.2 Å². The minimum Gasteiger partial charge on any atom is -0.477 e. The van der Waals surface area contributed by atoms with Gasteiger partial charge in [0, 0.05) is 49.5 Å². The molecule has 1 saturated heterocycles. The first-order valence-corrected chi connectivity index (χ1v) is 12.4. The Morgan fingerprint density at radius 2 is 1.87 bits per heavy atom. The molecule has 1 fully saturated rings. The Balaban J connectivity index is 1.71. The van der Waals surface area contributed by atoms with Crippen LogP contribution < -0.4 is 10.3 Å². The lowest BCUT2D eigenvalue weighted by atomic mass is 9.94. The number of hydrogen-bond donors (Lipinski definition) is 1. The maximum absolute atomic E-state index is 12.8. The van der Waals surface area contributed by atoms with Crippen molar-refractivity contribution in [2.45, 2.75) is 39.7 Å². The highest BCUT2D eigenvalue weighted by molar-refractivity contribution is 7.89. The van der Waals surface area contributed by atoms with Gasteiger partial charge in [-0.2, -0.15) is 4.31 Å². The molecule has 4 rings (SSSR count). The van der Waals surface area contributed by atoms with E-state index in [9.17, 15) is 23.1 Å². The number of nitrogens with zero attached hydrogens (tertiary/aromatic N) is 3. The molecule has 1 N–H and O–H groups in total. The predicted octanol–water partition coefficient (Wildman–Crippen LogP) is 2.31. The Bertz CT molecular complexity index is 1190. The Labute approximate surface area is 182 Å². The van der Waals surface area contributed by atoms with Crippen molar-refractivity contribution in [1.82, 2.24) is 8.87 Å². The number of aromatic carboxylic acids is 1. The monoisotopic (exact) mass is 447 g/mol. The molecule has 8 nitrogen and oxygen atoms in total. The molecule has 2 aliphatic heterocycles. The number of carboxylic acids is 1. The van der Waals surface area contributed by atoms with Gasteiger partial charge in [0.1, 0.15) is 5.56 Å². The molecule has 1 aromatic carbocycles. The van der Waals surface area contributed by atoms with Gasteiger partial charge in [0.25, 0.3) is 0 Å². The van der Waals surface area contributed by atoms with E-state index in [1.807, 2.05) is 31.4 Å². The molecule has 168 valence electrons. The maximum atomic E-state index is 12.8.